The molecule has 0 radical (unpaired) electrons. The van der Waals surface area contributed by atoms with E-state index in [-0.39, 0.29) is 36.2 Å². The van der Waals surface area contributed by atoms with Crippen molar-refractivity contribution in [2.75, 3.05) is 41.0 Å². The number of rotatable bonds is 42. The van der Waals surface area contributed by atoms with Gasteiger partial charge in [-0.1, -0.05) is 157 Å². The molecule has 8 heteroatoms. The molecule has 0 saturated carbocycles. The van der Waals surface area contributed by atoms with Crippen LogP contribution in [0.3, 0.4) is 0 Å². The minimum absolute atomic E-state index is 0.0483. The van der Waals surface area contributed by atoms with E-state index in [9.17, 15) is 19.5 Å². The lowest BCUT2D eigenvalue weighted by molar-refractivity contribution is -0.887. The Morgan fingerprint density at radius 1 is 0.517 bits per heavy atom. The standard InChI is InChI=1S/C52H89NO7/c1-6-8-10-12-14-16-18-20-22-23-24-25-26-27-28-29-31-33-35-37-39-41-43-51(55)60-48(46-58-45-44-49(52(56)57)53(3,4)5)47-59-50(54)42-40-38-36-34-32-30-21-19-17-15-13-11-9-7-2/h9,11,14-17,20-22,24-25,30,48-49H,6-8,10,12-13,18-19,23,26-29,31-47H2,1-5H3/p+1/b11-9+,16-14+,17-15+,22-20+,25-24+,30-21+. The second-order valence-corrected chi connectivity index (χ2v) is 17.0. The number of ether oxygens (including phenoxy) is 3. The van der Waals surface area contributed by atoms with E-state index in [4.69, 9.17) is 14.2 Å². The topological polar surface area (TPSA) is 99.1 Å². The Bertz CT molecular complexity index is 1210. The zero-order chi connectivity index (χ0) is 44.2. The lowest BCUT2D eigenvalue weighted by Gasteiger charge is -2.31. The van der Waals surface area contributed by atoms with Crippen LogP contribution in [0.5, 0.6) is 0 Å². The molecule has 0 heterocycles. The van der Waals surface area contributed by atoms with Crippen molar-refractivity contribution in [2.24, 2.45) is 0 Å². The van der Waals surface area contributed by atoms with E-state index in [2.05, 4.69) is 86.8 Å². The molecule has 0 aromatic rings. The number of quaternary nitrogens is 1. The normalized spacial score (nSPS) is 13.6. The minimum atomic E-state index is -0.881. The van der Waals surface area contributed by atoms with Gasteiger partial charge < -0.3 is 23.8 Å². The van der Waals surface area contributed by atoms with E-state index in [1.807, 2.05) is 21.1 Å². The largest absolute Gasteiger partial charge is 0.477 e. The Hall–Kier alpha value is -3.23. The van der Waals surface area contributed by atoms with Gasteiger partial charge in [0.2, 0.25) is 0 Å². The lowest BCUT2D eigenvalue weighted by atomic mass is 10.1. The molecule has 344 valence electrons. The molecule has 0 fully saturated rings. The molecular weight excluding hydrogens is 751 g/mol. The smallest absolute Gasteiger partial charge is 0.362 e. The second-order valence-electron chi connectivity index (χ2n) is 17.0. The number of hydrogen-bond acceptors (Lipinski definition) is 6. The number of unbranched alkanes of at least 4 members (excludes halogenated alkanes) is 16. The SMILES string of the molecule is CC/C=C/C/C=C/C/C=C/CCCCCCC(=O)OCC(COCCC(C(=O)O)[N+](C)(C)C)OC(=O)CCCCCCCCCCC/C=C/C/C=C/C/C=C/CCCCC. The Labute approximate surface area is 368 Å². The summed E-state index contributed by atoms with van der Waals surface area (Å²) >= 11 is 0. The van der Waals surface area contributed by atoms with E-state index in [1.165, 1.54) is 64.2 Å². The third kappa shape index (κ3) is 40.2. The van der Waals surface area contributed by atoms with Crippen LogP contribution >= 0.6 is 0 Å². The number of nitrogens with zero attached hydrogens (tertiary/aromatic N) is 1. The summed E-state index contributed by atoms with van der Waals surface area (Å²) in [5.74, 6) is -1.51. The van der Waals surface area contributed by atoms with Crippen molar-refractivity contribution >= 4 is 17.9 Å². The highest BCUT2D eigenvalue weighted by molar-refractivity contribution is 5.72. The fourth-order valence-corrected chi connectivity index (χ4v) is 6.64. The highest BCUT2D eigenvalue weighted by atomic mass is 16.6. The predicted molar refractivity (Wildman–Crippen MR) is 252 cm³/mol. The third-order valence-corrected chi connectivity index (χ3v) is 10.3. The van der Waals surface area contributed by atoms with Crippen LogP contribution < -0.4 is 0 Å². The molecule has 8 nitrogen and oxygen atoms in total. The van der Waals surface area contributed by atoms with Gasteiger partial charge in [0.25, 0.3) is 0 Å². The van der Waals surface area contributed by atoms with Crippen molar-refractivity contribution in [2.45, 2.75) is 199 Å². The van der Waals surface area contributed by atoms with Crippen LogP contribution in [0.25, 0.3) is 0 Å². The molecule has 0 aliphatic heterocycles. The number of carbonyl (C=O) groups excluding carboxylic acids is 2. The monoisotopic (exact) mass is 841 g/mol. The fourth-order valence-electron chi connectivity index (χ4n) is 6.64. The van der Waals surface area contributed by atoms with Crippen LogP contribution in [0.4, 0.5) is 0 Å². The number of hydrogen-bond donors (Lipinski definition) is 1. The average Bonchev–Trinajstić information content (AvgIpc) is 3.21. The van der Waals surface area contributed by atoms with Gasteiger partial charge in [-0.2, -0.15) is 0 Å². The first-order valence-corrected chi connectivity index (χ1v) is 24.0. The number of carboxylic acid groups (broad SMARTS) is 1. The van der Waals surface area contributed by atoms with Gasteiger partial charge in [0.15, 0.2) is 12.1 Å². The average molecular weight is 841 g/mol. The number of carboxylic acids is 1. The molecule has 0 bridgehead atoms. The quantitative estimate of drug-likeness (QED) is 0.0283. The molecule has 0 aromatic heterocycles. The first kappa shape index (κ1) is 56.8. The Morgan fingerprint density at radius 2 is 0.933 bits per heavy atom. The molecule has 0 aliphatic rings. The van der Waals surface area contributed by atoms with E-state index in [0.29, 0.717) is 19.3 Å². The first-order valence-electron chi connectivity index (χ1n) is 24.0. The van der Waals surface area contributed by atoms with Crippen LogP contribution in [0, 0.1) is 0 Å². The van der Waals surface area contributed by atoms with Gasteiger partial charge in [-0.05, 0) is 83.5 Å². The summed E-state index contributed by atoms with van der Waals surface area (Å²) in [7, 11) is 5.52. The molecular formula is C52H90NO7+. The second kappa shape index (κ2) is 42.5. The van der Waals surface area contributed by atoms with Gasteiger partial charge in [-0.15, -0.1) is 0 Å². The Balaban J connectivity index is 4.31. The highest BCUT2D eigenvalue weighted by Gasteiger charge is 2.31. The summed E-state index contributed by atoms with van der Waals surface area (Å²) in [6.45, 7) is 4.56. The molecule has 0 spiro atoms. The van der Waals surface area contributed by atoms with Crippen molar-refractivity contribution in [3.05, 3.63) is 72.9 Å². The number of aliphatic carboxylic acids is 1. The molecule has 2 atom stereocenters. The van der Waals surface area contributed by atoms with E-state index in [0.717, 1.165) is 89.9 Å². The lowest BCUT2D eigenvalue weighted by Crippen LogP contribution is -2.50. The zero-order valence-electron chi connectivity index (χ0n) is 39.1. The summed E-state index contributed by atoms with van der Waals surface area (Å²) in [5.41, 5.74) is 0. The van der Waals surface area contributed by atoms with Crippen molar-refractivity contribution in [3.63, 3.8) is 0 Å². The summed E-state index contributed by atoms with van der Waals surface area (Å²) in [6.07, 6.45) is 53.7. The predicted octanol–water partition coefficient (Wildman–Crippen LogP) is 13.5. The van der Waals surface area contributed by atoms with E-state index < -0.39 is 18.1 Å². The van der Waals surface area contributed by atoms with Gasteiger partial charge >= 0.3 is 17.9 Å². The Kier molecular flexibility index (Phi) is 40.2. The van der Waals surface area contributed by atoms with Gasteiger partial charge in [0, 0.05) is 19.3 Å². The fraction of sp³-hybridized carbons (Fsp3) is 0.712. The maximum absolute atomic E-state index is 12.8. The maximum Gasteiger partial charge on any atom is 0.362 e. The highest BCUT2D eigenvalue weighted by Crippen LogP contribution is 2.14. The molecule has 0 saturated heterocycles. The van der Waals surface area contributed by atoms with Crippen molar-refractivity contribution < 1.29 is 38.2 Å². The molecule has 1 N–H and O–H groups in total. The van der Waals surface area contributed by atoms with Crippen LogP contribution in [0.15, 0.2) is 72.9 Å². The molecule has 2 unspecified atom stereocenters. The minimum Gasteiger partial charge on any atom is -0.477 e. The first-order chi connectivity index (χ1) is 29.1. The van der Waals surface area contributed by atoms with Crippen molar-refractivity contribution in [3.8, 4) is 0 Å². The van der Waals surface area contributed by atoms with Crippen LogP contribution in [-0.4, -0.2) is 80.6 Å². The van der Waals surface area contributed by atoms with Crippen LogP contribution in [-0.2, 0) is 28.6 Å². The van der Waals surface area contributed by atoms with Gasteiger partial charge in [-0.3, -0.25) is 9.59 Å². The summed E-state index contributed by atoms with van der Waals surface area (Å²) in [4.78, 5) is 37.1. The molecule has 0 aliphatic carbocycles. The molecule has 0 amide bonds. The summed E-state index contributed by atoms with van der Waals surface area (Å²) < 4.78 is 17.3. The van der Waals surface area contributed by atoms with Gasteiger partial charge in [-0.25, -0.2) is 4.79 Å². The van der Waals surface area contributed by atoms with Crippen molar-refractivity contribution in [1.29, 1.82) is 0 Å². The molecule has 0 aromatic carbocycles. The zero-order valence-corrected chi connectivity index (χ0v) is 39.1. The maximum atomic E-state index is 12.8. The summed E-state index contributed by atoms with van der Waals surface area (Å²) in [5, 5.41) is 9.64. The Morgan fingerprint density at radius 3 is 1.38 bits per heavy atom. The van der Waals surface area contributed by atoms with Crippen LogP contribution in [0.2, 0.25) is 0 Å². The number of likely N-dealkylation sites (N-methyl/N-ethyl adjacent to an activating group) is 1. The van der Waals surface area contributed by atoms with E-state index >= 15 is 0 Å². The van der Waals surface area contributed by atoms with Gasteiger partial charge in [0.05, 0.1) is 34.4 Å². The van der Waals surface area contributed by atoms with E-state index in [1.54, 1.807) is 0 Å². The molecule has 0 rings (SSSR count). The number of carbonyl (C=O) groups is 3. The van der Waals surface area contributed by atoms with Gasteiger partial charge in [0.1, 0.15) is 6.61 Å². The van der Waals surface area contributed by atoms with Crippen LogP contribution in [0.1, 0.15) is 187 Å². The third-order valence-electron chi connectivity index (χ3n) is 10.3. The number of esters is 2. The molecule has 60 heavy (non-hydrogen) atoms. The number of allylic oxidation sites excluding steroid dienone is 12. The summed E-state index contributed by atoms with van der Waals surface area (Å²) in [6, 6.07) is -0.622. The van der Waals surface area contributed by atoms with Crippen molar-refractivity contribution in [1.82, 2.24) is 0 Å².